The third kappa shape index (κ3) is 27.2. The molecule has 1 saturated heterocycles. The van der Waals surface area contributed by atoms with E-state index in [1.165, 1.54) is 109 Å². The molecule has 0 bridgehead atoms. The minimum absolute atomic E-state index is 0. The van der Waals surface area contributed by atoms with E-state index in [1.54, 1.807) is 36.7 Å². The Balaban J connectivity index is -0.000000211. The second kappa shape index (κ2) is 36.9. The van der Waals surface area contributed by atoms with Crippen molar-refractivity contribution < 1.29 is 41.7 Å². The van der Waals surface area contributed by atoms with Crippen LogP contribution < -0.4 is 0 Å². The molecule has 0 N–H and O–H groups in total. The van der Waals surface area contributed by atoms with Gasteiger partial charge in [0, 0.05) is 0 Å². The van der Waals surface area contributed by atoms with Crippen molar-refractivity contribution in [2.24, 2.45) is 11.8 Å². The van der Waals surface area contributed by atoms with Crippen molar-refractivity contribution in [2.45, 2.75) is 141 Å². The van der Waals surface area contributed by atoms with Crippen LogP contribution in [0.2, 0.25) is 19.5 Å². The molecule has 0 amide bonds. The Hall–Kier alpha value is 2.41. The van der Waals surface area contributed by atoms with Gasteiger partial charge < -0.3 is 29.7 Å². The third-order valence-electron chi connectivity index (χ3n) is 8.56. The molecule has 1 aliphatic heterocycles. The van der Waals surface area contributed by atoms with Crippen molar-refractivity contribution in [1.29, 1.82) is 0 Å². The van der Waals surface area contributed by atoms with Gasteiger partial charge in [-0.2, -0.15) is 0 Å². The summed E-state index contributed by atoms with van der Waals surface area (Å²) in [7, 11) is 19.7. The first-order chi connectivity index (χ1) is 18.2. The third-order valence-corrected chi connectivity index (χ3v) is 8.56. The van der Waals surface area contributed by atoms with Gasteiger partial charge in [-0.05, 0) is 11.8 Å². The summed E-state index contributed by atoms with van der Waals surface area (Å²) in [6, 6.07) is 2.26. The molecule has 2 unspecified atom stereocenters. The predicted molar refractivity (Wildman–Crippen MR) is 191 cm³/mol. The molecular formula is C33H62B2Cl4Zr2. The van der Waals surface area contributed by atoms with Crippen LogP contribution in [0.25, 0.3) is 0 Å². The first-order valence-corrected chi connectivity index (χ1v) is 27.8. The molecule has 6 rings (SSSR count). The van der Waals surface area contributed by atoms with Crippen LogP contribution in [-0.2, 0) is 54.5 Å². The molecule has 1 aromatic rings. The van der Waals surface area contributed by atoms with Gasteiger partial charge in [-0.1, -0.05) is 116 Å². The standard InChI is InChI=1S/C10H19B.C9H11B.2C5H10.4CH3.4ClH.2Zr/c1-11-7-6-9-4-2-3-5-10(9)8-11;1-2-4-9-7-10-6-5-8(9)3-1;2*1-2-4-5-3-1;;;;;;;;;;/h9-10H,2-8H2,1H3;5-7H,1-4H2;2*1-5H2;4*1H3;4*1H;;/q;;;;4*-1;;;;;2*+4/p-4. The van der Waals surface area contributed by atoms with Gasteiger partial charge in [-0.25, -0.2) is 0 Å². The Morgan fingerprint density at radius 3 is 1.46 bits per heavy atom. The van der Waals surface area contributed by atoms with Crippen LogP contribution >= 0.6 is 34.1 Å². The van der Waals surface area contributed by atoms with Crippen LogP contribution in [0.4, 0.5) is 0 Å². The Morgan fingerprint density at radius 1 is 0.610 bits per heavy atom. The van der Waals surface area contributed by atoms with E-state index in [2.05, 4.69) is 31.7 Å². The van der Waals surface area contributed by atoms with Crippen LogP contribution in [0.15, 0.2) is 18.0 Å². The van der Waals surface area contributed by atoms with Gasteiger partial charge in [0.15, 0.2) is 0 Å². The summed E-state index contributed by atoms with van der Waals surface area (Å²) in [6.07, 6.45) is 31.1. The fourth-order valence-corrected chi connectivity index (χ4v) is 6.55. The molecule has 2 atom stereocenters. The maximum absolute atomic E-state index is 4.93. The molecule has 0 spiro atoms. The zero-order valence-electron chi connectivity index (χ0n) is 27.4. The number of hydrogen-bond acceptors (Lipinski definition) is 0. The van der Waals surface area contributed by atoms with Crippen molar-refractivity contribution in [2.75, 3.05) is 0 Å². The quantitative estimate of drug-likeness (QED) is 0.181. The fraction of sp³-hybridized carbons (Fsp3) is 0.727. The van der Waals surface area contributed by atoms with Gasteiger partial charge in [0.2, 0.25) is 0 Å². The van der Waals surface area contributed by atoms with Gasteiger partial charge in [-0.3, -0.25) is 0 Å². The molecule has 5 aliphatic rings. The monoisotopic (exact) mass is 800 g/mol. The van der Waals surface area contributed by atoms with E-state index in [9.17, 15) is 0 Å². The number of fused-ring (bicyclic) bond motifs is 2. The normalized spacial score (nSPS) is 20.6. The van der Waals surface area contributed by atoms with Crippen molar-refractivity contribution in [1.82, 2.24) is 0 Å². The van der Waals surface area contributed by atoms with Gasteiger partial charge >= 0.3 is 137 Å². The van der Waals surface area contributed by atoms with Gasteiger partial charge in [0.1, 0.15) is 6.71 Å². The molecule has 4 fully saturated rings. The zero-order chi connectivity index (χ0) is 27.0. The predicted octanol–water partition coefficient (Wildman–Crippen LogP) is 13.7. The van der Waals surface area contributed by atoms with Crippen LogP contribution in [0, 0.1) is 41.5 Å². The van der Waals surface area contributed by atoms with Crippen LogP contribution in [0.3, 0.4) is 0 Å². The van der Waals surface area contributed by atoms with Crippen molar-refractivity contribution in [3.63, 3.8) is 0 Å². The maximum atomic E-state index is 4.93. The van der Waals surface area contributed by atoms with E-state index in [-0.39, 0.29) is 29.7 Å². The topological polar surface area (TPSA) is 0 Å². The SMILES string of the molecule is C1CCCC1.C1CCCC1.CB1CCC2CCCCC2C1.[CH3-].[CH3-].[CH3-].[CH3-].[Cl][Zr+2][Cl].[Cl][Zr+2][Cl].b1ccc2c(c1)CCCC2. The molecule has 0 aromatic carbocycles. The van der Waals surface area contributed by atoms with Crippen LogP contribution in [0.1, 0.15) is 120 Å². The fourth-order valence-electron chi connectivity index (χ4n) is 6.55. The summed E-state index contributed by atoms with van der Waals surface area (Å²) in [5.41, 5.74) is 3.16. The summed E-state index contributed by atoms with van der Waals surface area (Å²) in [4.78, 5) is 0. The summed E-state index contributed by atoms with van der Waals surface area (Å²) in [5, 5.41) is 0. The Kier molecular flexibility index (Phi) is 45.2. The van der Waals surface area contributed by atoms with Crippen LogP contribution in [-0.4, -0.2) is 13.6 Å². The van der Waals surface area contributed by atoms with Gasteiger partial charge in [0.25, 0.3) is 0 Å². The molecule has 3 saturated carbocycles. The second-order valence-corrected chi connectivity index (χ2v) is 18.8. The average molecular weight is 805 g/mol. The Labute approximate surface area is 298 Å². The molecular weight excluding hydrogens is 742 g/mol. The summed E-state index contributed by atoms with van der Waals surface area (Å²) in [6.45, 7) is 5.61. The van der Waals surface area contributed by atoms with E-state index in [1.807, 2.05) is 0 Å². The van der Waals surface area contributed by atoms with Crippen molar-refractivity contribution in [3.05, 3.63) is 58.8 Å². The number of aryl methyl sites for hydroxylation is 2. The molecule has 0 nitrogen and oxygen atoms in total. The summed E-state index contributed by atoms with van der Waals surface area (Å²) >= 11 is -1.65. The number of halogens is 4. The average Bonchev–Trinajstić information content (AvgIpc) is 3.70. The minimum atomic E-state index is -0.826. The van der Waals surface area contributed by atoms with E-state index in [4.69, 9.17) is 34.1 Å². The van der Waals surface area contributed by atoms with E-state index in [0.717, 1.165) is 18.5 Å². The molecule has 1 aromatic heterocycles. The Bertz CT molecular complexity index is 583. The van der Waals surface area contributed by atoms with Crippen molar-refractivity contribution >= 4 is 47.7 Å². The van der Waals surface area contributed by atoms with Gasteiger partial charge in [-0.15, -0.1) is 0 Å². The molecule has 41 heavy (non-hydrogen) atoms. The zero-order valence-corrected chi connectivity index (χ0v) is 35.3. The van der Waals surface area contributed by atoms with Crippen molar-refractivity contribution in [3.8, 4) is 0 Å². The molecule has 4 aliphatic carbocycles. The van der Waals surface area contributed by atoms with Crippen LogP contribution in [0.5, 0.6) is 0 Å². The molecule has 0 radical (unpaired) electrons. The number of hydrogen-bond donors (Lipinski definition) is 0. The van der Waals surface area contributed by atoms with Gasteiger partial charge in [0.05, 0.1) is 0 Å². The summed E-state index contributed by atoms with van der Waals surface area (Å²) < 4.78 is 0. The first-order valence-electron chi connectivity index (χ1n) is 15.2. The van der Waals surface area contributed by atoms with E-state index < -0.39 is 41.7 Å². The number of rotatable bonds is 0. The molecule has 236 valence electrons. The molecule has 8 heteroatoms. The van der Waals surface area contributed by atoms with E-state index >= 15 is 0 Å². The molecule has 2 heterocycles. The van der Waals surface area contributed by atoms with E-state index in [0.29, 0.717) is 0 Å². The summed E-state index contributed by atoms with van der Waals surface area (Å²) in [5.74, 6) is 6.67. The first kappa shape index (κ1) is 50.3. The second-order valence-electron chi connectivity index (χ2n) is 11.4. The Morgan fingerprint density at radius 2 is 1.02 bits per heavy atom.